The first-order valence-electron chi connectivity index (χ1n) is 8.19. The zero-order chi connectivity index (χ0) is 13.8. The Morgan fingerprint density at radius 1 is 1.00 bits per heavy atom. The van der Waals surface area contributed by atoms with E-state index in [0.29, 0.717) is 11.9 Å². The van der Waals surface area contributed by atoms with Crippen LogP contribution in [-0.4, -0.2) is 72.0 Å². The van der Waals surface area contributed by atoms with Crippen LogP contribution in [0, 0.1) is 0 Å². The third-order valence-electron chi connectivity index (χ3n) is 4.89. The monoisotopic (exact) mass is 297 g/mol. The molecule has 3 aliphatic rings. The molecule has 0 spiro atoms. The Bertz CT molecular complexity index is 325. The Morgan fingerprint density at radius 3 is 2.70 bits per heavy atom. The smallest absolute Gasteiger partial charge is 0.239 e. The number of hydrogen-bond acceptors (Lipinski definition) is 4. The largest absolute Gasteiger partial charge is 0.340 e. The lowest BCUT2D eigenvalue weighted by molar-refractivity contribution is -0.136. The molecule has 20 heavy (non-hydrogen) atoms. The molecule has 0 aromatic heterocycles. The zero-order valence-corrected chi connectivity index (χ0v) is 13.2. The summed E-state index contributed by atoms with van der Waals surface area (Å²) in [6.45, 7) is 5.29. The molecule has 3 heterocycles. The number of hydrogen-bond donors (Lipinski definition) is 1. The van der Waals surface area contributed by atoms with E-state index in [0.717, 1.165) is 51.3 Å². The molecule has 0 saturated carbocycles. The lowest BCUT2D eigenvalue weighted by atomic mass is 10.0. The van der Waals surface area contributed by atoms with Gasteiger partial charge in [-0.05, 0) is 57.5 Å². The van der Waals surface area contributed by atoms with Crippen LogP contribution in [0.5, 0.6) is 0 Å². The predicted octanol–water partition coefficient (Wildman–Crippen LogP) is 1.17. The first-order valence-corrected chi connectivity index (χ1v) is 9.35. The van der Waals surface area contributed by atoms with Crippen molar-refractivity contribution in [3.63, 3.8) is 0 Å². The van der Waals surface area contributed by atoms with E-state index in [9.17, 15) is 4.79 Å². The van der Waals surface area contributed by atoms with Crippen LogP contribution in [0.1, 0.15) is 32.1 Å². The number of nitrogens with zero attached hydrogens (tertiary/aromatic N) is 2. The quantitative estimate of drug-likeness (QED) is 0.830. The van der Waals surface area contributed by atoms with Gasteiger partial charge in [-0.25, -0.2) is 0 Å². The van der Waals surface area contributed by atoms with Crippen molar-refractivity contribution in [2.75, 3.05) is 44.2 Å². The Balaban J connectivity index is 1.62. The summed E-state index contributed by atoms with van der Waals surface area (Å²) in [7, 11) is 0. The SMILES string of the molecule is O=C(C1CCCN1C1CCNCC1)N1CCCSCC1. The number of likely N-dealkylation sites (tertiary alicyclic amines) is 1. The van der Waals surface area contributed by atoms with Crippen LogP contribution in [0.4, 0.5) is 0 Å². The average molecular weight is 297 g/mol. The third-order valence-corrected chi connectivity index (χ3v) is 5.94. The maximum atomic E-state index is 12.9. The minimum absolute atomic E-state index is 0.182. The van der Waals surface area contributed by atoms with Gasteiger partial charge in [0, 0.05) is 24.9 Å². The second kappa shape index (κ2) is 7.14. The highest BCUT2D eigenvalue weighted by Crippen LogP contribution is 2.26. The fraction of sp³-hybridized carbons (Fsp3) is 0.933. The fourth-order valence-corrected chi connectivity index (χ4v) is 4.69. The summed E-state index contributed by atoms with van der Waals surface area (Å²) in [5.41, 5.74) is 0. The van der Waals surface area contributed by atoms with Crippen molar-refractivity contribution in [3.8, 4) is 0 Å². The second-order valence-corrected chi connectivity index (χ2v) is 7.39. The molecule has 3 saturated heterocycles. The van der Waals surface area contributed by atoms with E-state index in [1.165, 1.54) is 25.0 Å². The standard InChI is InChI=1S/C15H27N3OS/c19-15(17-8-2-11-20-12-10-17)14-3-1-9-18(14)13-4-6-16-7-5-13/h13-14,16H,1-12H2. The lowest BCUT2D eigenvalue weighted by Gasteiger charge is -2.37. The Morgan fingerprint density at radius 2 is 1.85 bits per heavy atom. The molecule has 0 aromatic carbocycles. The number of carbonyl (C=O) groups excluding carboxylic acids is 1. The molecule has 1 N–H and O–H groups in total. The van der Waals surface area contributed by atoms with Crippen LogP contribution in [0.2, 0.25) is 0 Å². The molecular weight excluding hydrogens is 270 g/mol. The molecule has 3 fully saturated rings. The van der Waals surface area contributed by atoms with Gasteiger partial charge >= 0.3 is 0 Å². The van der Waals surface area contributed by atoms with Gasteiger partial charge in [0.25, 0.3) is 0 Å². The second-order valence-electron chi connectivity index (χ2n) is 6.17. The summed E-state index contributed by atoms with van der Waals surface area (Å²) in [4.78, 5) is 17.5. The van der Waals surface area contributed by atoms with E-state index in [4.69, 9.17) is 0 Å². The summed E-state index contributed by atoms with van der Waals surface area (Å²) < 4.78 is 0. The van der Waals surface area contributed by atoms with Gasteiger partial charge in [0.1, 0.15) is 0 Å². The molecule has 0 aliphatic carbocycles. The molecular formula is C15H27N3OS. The molecule has 1 amide bonds. The number of piperidine rings is 1. The Hall–Kier alpha value is -0.260. The van der Waals surface area contributed by atoms with Crippen molar-refractivity contribution in [2.45, 2.75) is 44.2 Å². The lowest BCUT2D eigenvalue weighted by Crippen LogP contribution is -2.52. The molecule has 114 valence electrons. The van der Waals surface area contributed by atoms with E-state index in [1.807, 2.05) is 11.8 Å². The molecule has 1 unspecified atom stereocenters. The van der Waals surface area contributed by atoms with Crippen LogP contribution < -0.4 is 5.32 Å². The molecule has 3 aliphatic heterocycles. The highest BCUT2D eigenvalue weighted by molar-refractivity contribution is 7.99. The van der Waals surface area contributed by atoms with Crippen LogP contribution in [0.25, 0.3) is 0 Å². The number of amides is 1. The van der Waals surface area contributed by atoms with Gasteiger partial charge in [-0.15, -0.1) is 0 Å². The predicted molar refractivity (Wildman–Crippen MR) is 84.1 cm³/mol. The van der Waals surface area contributed by atoms with E-state index >= 15 is 0 Å². The van der Waals surface area contributed by atoms with Gasteiger partial charge in [0.2, 0.25) is 5.91 Å². The molecule has 5 heteroatoms. The molecule has 4 nitrogen and oxygen atoms in total. The van der Waals surface area contributed by atoms with Crippen molar-refractivity contribution in [1.82, 2.24) is 15.1 Å². The van der Waals surface area contributed by atoms with Crippen molar-refractivity contribution in [1.29, 1.82) is 0 Å². The number of carbonyl (C=O) groups is 1. The summed E-state index contributed by atoms with van der Waals surface area (Å²) in [5, 5.41) is 3.43. The van der Waals surface area contributed by atoms with Crippen LogP contribution in [-0.2, 0) is 4.79 Å². The van der Waals surface area contributed by atoms with Crippen LogP contribution >= 0.6 is 11.8 Å². The first kappa shape index (κ1) is 14.7. The van der Waals surface area contributed by atoms with Gasteiger partial charge < -0.3 is 10.2 Å². The van der Waals surface area contributed by atoms with Crippen LogP contribution in [0.3, 0.4) is 0 Å². The Kier molecular flexibility index (Phi) is 5.24. The van der Waals surface area contributed by atoms with E-state index in [1.54, 1.807) is 0 Å². The van der Waals surface area contributed by atoms with E-state index < -0.39 is 0 Å². The van der Waals surface area contributed by atoms with Crippen molar-refractivity contribution in [3.05, 3.63) is 0 Å². The molecule has 3 rings (SSSR count). The van der Waals surface area contributed by atoms with Gasteiger partial charge in [-0.1, -0.05) is 0 Å². The van der Waals surface area contributed by atoms with Crippen molar-refractivity contribution < 1.29 is 4.79 Å². The molecule has 0 bridgehead atoms. The number of rotatable bonds is 2. The van der Waals surface area contributed by atoms with Gasteiger partial charge in [0.05, 0.1) is 6.04 Å². The number of nitrogens with one attached hydrogen (secondary N) is 1. The zero-order valence-electron chi connectivity index (χ0n) is 12.4. The Labute approximate surface area is 126 Å². The highest BCUT2D eigenvalue weighted by atomic mass is 32.2. The van der Waals surface area contributed by atoms with Crippen LogP contribution in [0.15, 0.2) is 0 Å². The maximum absolute atomic E-state index is 12.9. The normalized spacial score (nSPS) is 30.4. The van der Waals surface area contributed by atoms with E-state index in [-0.39, 0.29) is 6.04 Å². The topological polar surface area (TPSA) is 35.6 Å². The summed E-state index contributed by atoms with van der Waals surface area (Å²) in [6.07, 6.45) is 5.85. The van der Waals surface area contributed by atoms with Gasteiger partial charge in [-0.2, -0.15) is 11.8 Å². The third kappa shape index (κ3) is 3.31. The van der Waals surface area contributed by atoms with Crippen molar-refractivity contribution in [2.24, 2.45) is 0 Å². The van der Waals surface area contributed by atoms with Gasteiger partial charge in [0.15, 0.2) is 0 Å². The average Bonchev–Trinajstić information content (AvgIpc) is 2.82. The summed E-state index contributed by atoms with van der Waals surface area (Å²) >= 11 is 1.99. The van der Waals surface area contributed by atoms with E-state index in [2.05, 4.69) is 15.1 Å². The fourth-order valence-electron chi connectivity index (χ4n) is 3.81. The maximum Gasteiger partial charge on any atom is 0.239 e. The first-order chi connectivity index (χ1) is 9.86. The summed E-state index contributed by atoms with van der Waals surface area (Å²) in [5.74, 6) is 2.75. The highest BCUT2D eigenvalue weighted by Gasteiger charge is 2.37. The minimum Gasteiger partial charge on any atom is -0.340 e. The van der Waals surface area contributed by atoms with Crippen molar-refractivity contribution >= 4 is 17.7 Å². The van der Waals surface area contributed by atoms with Gasteiger partial charge in [-0.3, -0.25) is 9.69 Å². The molecule has 1 atom stereocenters. The number of thioether (sulfide) groups is 1. The minimum atomic E-state index is 0.182. The summed E-state index contributed by atoms with van der Waals surface area (Å²) in [6, 6.07) is 0.815. The molecule has 0 radical (unpaired) electrons. The molecule has 0 aromatic rings.